The Bertz CT molecular complexity index is 343. The summed E-state index contributed by atoms with van der Waals surface area (Å²) < 4.78 is 27.5. The van der Waals surface area contributed by atoms with E-state index < -0.39 is 17.7 Å². The van der Waals surface area contributed by atoms with Crippen LogP contribution in [0.25, 0.3) is 0 Å². The first-order chi connectivity index (χ1) is 7.41. The van der Waals surface area contributed by atoms with Crippen molar-refractivity contribution in [2.45, 2.75) is 32.7 Å². The lowest BCUT2D eigenvalue weighted by Gasteiger charge is -2.15. The Hall–Kier alpha value is -0.480. The van der Waals surface area contributed by atoms with E-state index in [2.05, 4.69) is 29.8 Å². The number of benzene rings is 1. The summed E-state index contributed by atoms with van der Waals surface area (Å²) in [6.07, 6.45) is 1.45. The largest absolute Gasteiger partial charge is 0.324 e. The van der Waals surface area contributed by atoms with Crippen molar-refractivity contribution in [1.29, 1.82) is 0 Å². The Morgan fingerprint density at radius 3 is 2.12 bits per heavy atom. The average molecular weight is 292 g/mol. The molecule has 0 aromatic heterocycles. The lowest BCUT2D eigenvalue weighted by Crippen LogP contribution is -2.15. The highest BCUT2D eigenvalue weighted by molar-refractivity contribution is 9.10. The Morgan fingerprint density at radius 1 is 1.19 bits per heavy atom. The van der Waals surface area contributed by atoms with Crippen LogP contribution in [0.5, 0.6) is 0 Å². The lowest BCUT2D eigenvalue weighted by atomic mass is 9.97. The van der Waals surface area contributed by atoms with Gasteiger partial charge < -0.3 is 5.73 Å². The highest BCUT2D eigenvalue weighted by Crippen LogP contribution is 2.26. The number of rotatable bonds is 4. The molecule has 1 rings (SSSR count). The number of hydrogen-bond acceptors (Lipinski definition) is 1. The minimum atomic E-state index is -0.580. The van der Waals surface area contributed by atoms with E-state index in [9.17, 15) is 8.78 Å². The molecule has 1 aromatic rings. The van der Waals surface area contributed by atoms with Crippen molar-refractivity contribution in [2.75, 3.05) is 0 Å². The zero-order valence-corrected chi connectivity index (χ0v) is 11.0. The normalized spacial score (nSPS) is 13.2. The smallest absolute Gasteiger partial charge is 0.132 e. The molecular weight excluding hydrogens is 276 g/mol. The van der Waals surface area contributed by atoms with E-state index >= 15 is 0 Å². The van der Waals surface area contributed by atoms with Gasteiger partial charge in [-0.25, -0.2) is 8.78 Å². The molecule has 0 fully saturated rings. The van der Waals surface area contributed by atoms with Gasteiger partial charge >= 0.3 is 0 Å². The van der Waals surface area contributed by atoms with Crippen molar-refractivity contribution >= 4 is 15.9 Å². The second-order valence-electron chi connectivity index (χ2n) is 4.36. The van der Waals surface area contributed by atoms with Crippen LogP contribution < -0.4 is 5.73 Å². The van der Waals surface area contributed by atoms with Gasteiger partial charge in [-0.3, -0.25) is 0 Å². The molecule has 0 heterocycles. The molecule has 0 aliphatic heterocycles. The van der Waals surface area contributed by atoms with Gasteiger partial charge in [0.25, 0.3) is 0 Å². The second kappa shape index (κ2) is 5.73. The molecule has 90 valence electrons. The molecule has 0 radical (unpaired) electrons. The fraction of sp³-hybridized carbons (Fsp3) is 0.500. The van der Waals surface area contributed by atoms with E-state index in [0.29, 0.717) is 16.8 Å². The summed E-state index contributed by atoms with van der Waals surface area (Å²) in [7, 11) is 0. The molecule has 0 unspecified atom stereocenters. The highest BCUT2D eigenvalue weighted by atomic mass is 79.9. The van der Waals surface area contributed by atoms with Gasteiger partial charge in [0.15, 0.2) is 0 Å². The number of hydrogen-bond donors (Lipinski definition) is 1. The van der Waals surface area contributed by atoms with Gasteiger partial charge in [0, 0.05) is 16.1 Å². The van der Waals surface area contributed by atoms with Crippen LogP contribution in [0.15, 0.2) is 16.6 Å². The van der Waals surface area contributed by atoms with Crippen LogP contribution in [0.3, 0.4) is 0 Å². The Labute approximate surface area is 103 Å². The molecule has 0 bridgehead atoms. The van der Waals surface area contributed by atoms with Crippen molar-refractivity contribution in [2.24, 2.45) is 11.7 Å². The maximum atomic E-state index is 13.5. The fourth-order valence-electron chi connectivity index (χ4n) is 1.56. The third-order valence-electron chi connectivity index (χ3n) is 2.47. The van der Waals surface area contributed by atoms with Crippen LogP contribution in [-0.2, 0) is 0 Å². The molecule has 0 spiro atoms. The maximum absolute atomic E-state index is 13.5. The molecule has 16 heavy (non-hydrogen) atoms. The minimum Gasteiger partial charge on any atom is -0.324 e. The monoisotopic (exact) mass is 291 g/mol. The van der Waals surface area contributed by atoms with Crippen molar-refractivity contribution in [1.82, 2.24) is 0 Å². The molecule has 0 aliphatic rings. The molecule has 1 nitrogen and oxygen atoms in total. The third kappa shape index (κ3) is 3.52. The topological polar surface area (TPSA) is 26.0 Å². The van der Waals surface area contributed by atoms with E-state index in [1.165, 1.54) is 12.1 Å². The Balaban J connectivity index is 2.86. The predicted octanol–water partition coefficient (Wildman–Crippen LogP) is 4.16. The molecule has 1 atom stereocenters. The van der Waals surface area contributed by atoms with Crippen LogP contribution in [0.4, 0.5) is 8.78 Å². The van der Waals surface area contributed by atoms with Crippen molar-refractivity contribution in [3.63, 3.8) is 0 Å². The molecule has 0 saturated carbocycles. The van der Waals surface area contributed by atoms with Crippen LogP contribution in [-0.4, -0.2) is 0 Å². The van der Waals surface area contributed by atoms with Gasteiger partial charge in [-0.05, 0) is 30.9 Å². The Morgan fingerprint density at radius 2 is 1.69 bits per heavy atom. The number of halogens is 3. The van der Waals surface area contributed by atoms with Crippen molar-refractivity contribution in [3.05, 3.63) is 33.8 Å². The molecule has 0 aliphatic carbocycles. The standard InChI is InChI=1S/C12H16BrF2N/c1-7(2)3-4-11(16)12-9(14)5-8(13)6-10(12)15/h5-7,11H,3-4,16H2,1-2H3/t11-/m1/s1. The van der Waals surface area contributed by atoms with Gasteiger partial charge in [0.2, 0.25) is 0 Å². The summed E-state index contributed by atoms with van der Waals surface area (Å²) in [5.41, 5.74) is 5.79. The molecular formula is C12H16BrF2N. The van der Waals surface area contributed by atoms with Crippen molar-refractivity contribution < 1.29 is 8.78 Å². The Kier molecular flexibility index (Phi) is 4.87. The lowest BCUT2D eigenvalue weighted by molar-refractivity contribution is 0.468. The van der Waals surface area contributed by atoms with E-state index in [0.717, 1.165) is 6.42 Å². The third-order valence-corrected chi connectivity index (χ3v) is 2.93. The molecule has 2 N–H and O–H groups in total. The van der Waals surface area contributed by atoms with E-state index in [1.807, 2.05) is 0 Å². The van der Waals surface area contributed by atoms with Crippen molar-refractivity contribution in [3.8, 4) is 0 Å². The molecule has 1 aromatic carbocycles. The van der Waals surface area contributed by atoms with Gasteiger partial charge in [0.05, 0.1) is 0 Å². The first-order valence-corrected chi connectivity index (χ1v) is 6.11. The highest BCUT2D eigenvalue weighted by Gasteiger charge is 2.17. The van der Waals surface area contributed by atoms with Crippen LogP contribution in [0, 0.1) is 17.6 Å². The van der Waals surface area contributed by atoms with Gasteiger partial charge in [0.1, 0.15) is 11.6 Å². The van der Waals surface area contributed by atoms with Crippen LogP contribution in [0.1, 0.15) is 38.3 Å². The van der Waals surface area contributed by atoms with Gasteiger partial charge in [-0.1, -0.05) is 29.8 Å². The zero-order valence-electron chi connectivity index (χ0n) is 9.43. The van der Waals surface area contributed by atoms with Gasteiger partial charge in [-0.2, -0.15) is 0 Å². The summed E-state index contributed by atoms with van der Waals surface area (Å²) in [5, 5.41) is 0. The zero-order chi connectivity index (χ0) is 12.3. The molecule has 4 heteroatoms. The van der Waals surface area contributed by atoms with E-state index in [1.54, 1.807) is 0 Å². The minimum absolute atomic E-state index is 0.0103. The fourth-order valence-corrected chi connectivity index (χ4v) is 1.97. The average Bonchev–Trinajstić information content (AvgIpc) is 2.12. The van der Waals surface area contributed by atoms with Crippen LogP contribution in [0.2, 0.25) is 0 Å². The van der Waals surface area contributed by atoms with E-state index in [-0.39, 0.29) is 5.56 Å². The first kappa shape index (κ1) is 13.6. The molecule has 0 saturated heterocycles. The predicted molar refractivity (Wildman–Crippen MR) is 65.1 cm³/mol. The van der Waals surface area contributed by atoms with Crippen LogP contribution >= 0.6 is 15.9 Å². The summed E-state index contributed by atoms with van der Waals surface area (Å²) in [4.78, 5) is 0. The summed E-state index contributed by atoms with van der Waals surface area (Å²) in [6.45, 7) is 4.11. The summed E-state index contributed by atoms with van der Waals surface area (Å²) >= 11 is 3.04. The SMILES string of the molecule is CC(C)CC[C@@H](N)c1c(F)cc(Br)cc1F. The first-order valence-electron chi connectivity index (χ1n) is 5.31. The van der Waals surface area contributed by atoms with Gasteiger partial charge in [-0.15, -0.1) is 0 Å². The maximum Gasteiger partial charge on any atom is 0.132 e. The quantitative estimate of drug-likeness (QED) is 0.885. The molecule has 0 amide bonds. The summed E-state index contributed by atoms with van der Waals surface area (Å²) in [5.74, 6) is -0.682. The van der Waals surface area contributed by atoms with E-state index in [4.69, 9.17) is 5.73 Å². The summed E-state index contributed by atoms with van der Waals surface area (Å²) in [6, 6.07) is 1.91. The second-order valence-corrected chi connectivity index (χ2v) is 5.28. The number of nitrogens with two attached hydrogens (primary N) is 1.